The molecule has 6 heteroatoms. The number of carbonyl (C=O) groups is 1. The van der Waals surface area contributed by atoms with E-state index in [-0.39, 0.29) is 11.8 Å². The number of halogens is 1. The first-order valence-electron chi connectivity index (χ1n) is 6.70. The number of pyridine rings is 1. The maximum absolute atomic E-state index is 11.6. The van der Waals surface area contributed by atoms with E-state index in [0.29, 0.717) is 11.6 Å². The number of nitrogens with zero attached hydrogens (tertiary/aromatic N) is 3. The van der Waals surface area contributed by atoms with Crippen LogP contribution in [0.25, 0.3) is 16.9 Å². The summed E-state index contributed by atoms with van der Waals surface area (Å²) in [5, 5.41) is 7.13. The largest absolute Gasteiger partial charge is 0.308 e. The van der Waals surface area contributed by atoms with E-state index >= 15 is 0 Å². The Balaban J connectivity index is 2.07. The second-order valence-corrected chi connectivity index (χ2v) is 4.84. The van der Waals surface area contributed by atoms with E-state index in [2.05, 4.69) is 15.4 Å². The highest BCUT2D eigenvalue weighted by Crippen LogP contribution is 2.27. The number of nitrogens with one attached hydrogen (secondary N) is 1. The van der Waals surface area contributed by atoms with Crippen molar-refractivity contribution in [3.8, 4) is 16.9 Å². The third-order valence-electron chi connectivity index (χ3n) is 3.06. The van der Waals surface area contributed by atoms with Gasteiger partial charge >= 0.3 is 0 Å². The molecule has 0 saturated heterocycles. The average molecular weight is 313 g/mol. The Kier molecular flexibility index (Phi) is 4.16. The summed E-state index contributed by atoms with van der Waals surface area (Å²) in [4.78, 5) is 15.9. The zero-order valence-corrected chi connectivity index (χ0v) is 12.4. The van der Waals surface area contributed by atoms with E-state index in [0.717, 1.165) is 11.1 Å². The van der Waals surface area contributed by atoms with Crippen LogP contribution in [0.2, 0.25) is 0 Å². The van der Waals surface area contributed by atoms with Gasteiger partial charge in [0.2, 0.25) is 5.91 Å². The highest BCUT2D eigenvalue weighted by atomic mass is 35.5. The second kappa shape index (κ2) is 6.41. The van der Waals surface area contributed by atoms with Gasteiger partial charge in [-0.3, -0.25) is 4.79 Å². The van der Waals surface area contributed by atoms with Crippen LogP contribution in [0, 0.1) is 0 Å². The van der Waals surface area contributed by atoms with Gasteiger partial charge in [0.15, 0.2) is 11.6 Å². The van der Waals surface area contributed by atoms with Crippen molar-refractivity contribution in [2.45, 2.75) is 0 Å². The number of hydrogen-bond donors (Lipinski definition) is 1. The summed E-state index contributed by atoms with van der Waals surface area (Å²) in [6.45, 7) is 0. The molecule has 1 N–H and O–H groups in total. The van der Waals surface area contributed by atoms with E-state index in [1.54, 1.807) is 10.9 Å². The Morgan fingerprint density at radius 2 is 1.91 bits per heavy atom. The standard InChI is InChI=1S/C16H13ClN4O/c17-10-15(22)19-16-13(12-6-2-1-3-7-12)11-21(20-16)14-8-4-5-9-18-14/h1-9,11H,10H2,(H,19,20,22). The highest BCUT2D eigenvalue weighted by Gasteiger charge is 2.14. The minimum Gasteiger partial charge on any atom is -0.308 e. The number of benzene rings is 1. The van der Waals surface area contributed by atoms with Crippen LogP contribution in [0.4, 0.5) is 5.82 Å². The van der Waals surface area contributed by atoms with Gasteiger partial charge in [-0.1, -0.05) is 36.4 Å². The zero-order valence-electron chi connectivity index (χ0n) is 11.6. The first-order valence-corrected chi connectivity index (χ1v) is 7.23. The summed E-state index contributed by atoms with van der Waals surface area (Å²) < 4.78 is 1.63. The van der Waals surface area contributed by atoms with Crippen molar-refractivity contribution in [3.63, 3.8) is 0 Å². The van der Waals surface area contributed by atoms with Crippen molar-refractivity contribution in [2.75, 3.05) is 11.2 Å². The monoisotopic (exact) mass is 312 g/mol. The molecule has 1 aromatic carbocycles. The Morgan fingerprint density at radius 1 is 1.14 bits per heavy atom. The van der Waals surface area contributed by atoms with Gasteiger partial charge in [-0.25, -0.2) is 9.67 Å². The molecule has 0 aliphatic rings. The van der Waals surface area contributed by atoms with Crippen LogP contribution in [0.5, 0.6) is 0 Å². The van der Waals surface area contributed by atoms with Gasteiger partial charge in [0, 0.05) is 18.0 Å². The molecule has 0 aliphatic heterocycles. The Hall–Kier alpha value is -2.66. The van der Waals surface area contributed by atoms with E-state index in [1.165, 1.54) is 0 Å². The molecule has 0 unspecified atom stereocenters. The third-order valence-corrected chi connectivity index (χ3v) is 3.30. The van der Waals surface area contributed by atoms with Crippen LogP contribution in [0.1, 0.15) is 0 Å². The molecule has 2 aromatic heterocycles. The number of hydrogen-bond acceptors (Lipinski definition) is 3. The van der Waals surface area contributed by atoms with E-state index in [9.17, 15) is 4.79 Å². The van der Waals surface area contributed by atoms with Crippen LogP contribution in [-0.2, 0) is 4.79 Å². The quantitative estimate of drug-likeness (QED) is 0.753. The van der Waals surface area contributed by atoms with Gasteiger partial charge in [-0.05, 0) is 17.7 Å². The lowest BCUT2D eigenvalue weighted by atomic mass is 10.1. The Morgan fingerprint density at radius 3 is 2.59 bits per heavy atom. The predicted octanol–water partition coefficient (Wildman–Crippen LogP) is 3.11. The molecular weight excluding hydrogens is 300 g/mol. The van der Waals surface area contributed by atoms with Crippen molar-refractivity contribution < 1.29 is 4.79 Å². The van der Waals surface area contributed by atoms with Crippen molar-refractivity contribution in [1.29, 1.82) is 0 Å². The number of anilines is 1. The molecule has 0 bridgehead atoms. The average Bonchev–Trinajstić information content (AvgIpc) is 3.00. The molecule has 0 atom stereocenters. The first-order chi connectivity index (χ1) is 10.8. The zero-order chi connectivity index (χ0) is 15.4. The van der Waals surface area contributed by atoms with Crippen LogP contribution < -0.4 is 5.32 Å². The molecule has 0 spiro atoms. The number of rotatable bonds is 4. The maximum atomic E-state index is 11.6. The molecule has 0 aliphatic carbocycles. The Bertz CT molecular complexity index is 771. The van der Waals surface area contributed by atoms with Gasteiger partial charge in [0.05, 0.1) is 0 Å². The number of aromatic nitrogens is 3. The van der Waals surface area contributed by atoms with Crippen molar-refractivity contribution in [2.24, 2.45) is 0 Å². The topological polar surface area (TPSA) is 59.8 Å². The highest BCUT2D eigenvalue weighted by molar-refractivity contribution is 6.29. The molecule has 2 heterocycles. The molecule has 0 saturated carbocycles. The molecule has 5 nitrogen and oxygen atoms in total. The summed E-state index contributed by atoms with van der Waals surface area (Å²) in [7, 11) is 0. The van der Waals surface area contributed by atoms with Gasteiger partial charge in [-0.2, -0.15) is 0 Å². The van der Waals surface area contributed by atoms with Crippen LogP contribution in [0.3, 0.4) is 0 Å². The van der Waals surface area contributed by atoms with E-state index in [4.69, 9.17) is 11.6 Å². The van der Waals surface area contributed by atoms with Crippen molar-refractivity contribution in [1.82, 2.24) is 14.8 Å². The van der Waals surface area contributed by atoms with Crippen LogP contribution in [0.15, 0.2) is 60.9 Å². The van der Waals surface area contributed by atoms with Crippen LogP contribution in [-0.4, -0.2) is 26.6 Å². The lowest BCUT2D eigenvalue weighted by Crippen LogP contribution is -2.13. The fraction of sp³-hybridized carbons (Fsp3) is 0.0625. The molecule has 110 valence electrons. The normalized spacial score (nSPS) is 10.4. The molecule has 22 heavy (non-hydrogen) atoms. The smallest absolute Gasteiger partial charge is 0.240 e. The van der Waals surface area contributed by atoms with Gasteiger partial charge < -0.3 is 5.32 Å². The Labute approximate surface area is 132 Å². The molecular formula is C16H13ClN4O. The minimum absolute atomic E-state index is 0.120. The van der Waals surface area contributed by atoms with Gasteiger partial charge in [0.25, 0.3) is 0 Å². The molecule has 1 amide bonds. The third kappa shape index (κ3) is 2.99. The molecule has 0 radical (unpaired) electrons. The number of carbonyl (C=O) groups excluding carboxylic acids is 1. The first kappa shape index (κ1) is 14.3. The number of amides is 1. The van der Waals surface area contributed by atoms with Crippen molar-refractivity contribution >= 4 is 23.3 Å². The summed E-state index contributed by atoms with van der Waals surface area (Å²) in [6, 6.07) is 15.3. The summed E-state index contributed by atoms with van der Waals surface area (Å²) in [5.74, 6) is 0.712. The lowest BCUT2D eigenvalue weighted by molar-refractivity contribution is -0.113. The number of alkyl halides is 1. The van der Waals surface area contributed by atoms with Crippen molar-refractivity contribution in [3.05, 3.63) is 60.9 Å². The van der Waals surface area contributed by atoms with Crippen LogP contribution >= 0.6 is 11.6 Å². The van der Waals surface area contributed by atoms with Gasteiger partial charge in [0.1, 0.15) is 5.88 Å². The SMILES string of the molecule is O=C(CCl)Nc1nn(-c2ccccn2)cc1-c1ccccc1. The fourth-order valence-corrected chi connectivity index (χ4v) is 2.13. The summed E-state index contributed by atoms with van der Waals surface area (Å²) in [5.41, 5.74) is 1.76. The minimum atomic E-state index is -0.301. The van der Waals surface area contributed by atoms with Gasteiger partial charge in [-0.15, -0.1) is 16.7 Å². The van der Waals surface area contributed by atoms with E-state index < -0.39 is 0 Å². The van der Waals surface area contributed by atoms with E-state index in [1.807, 2.05) is 54.7 Å². The fourth-order valence-electron chi connectivity index (χ4n) is 2.07. The molecule has 3 rings (SSSR count). The second-order valence-electron chi connectivity index (χ2n) is 4.57. The maximum Gasteiger partial charge on any atom is 0.240 e. The summed E-state index contributed by atoms with van der Waals surface area (Å²) >= 11 is 5.57. The molecule has 3 aromatic rings. The summed E-state index contributed by atoms with van der Waals surface area (Å²) in [6.07, 6.45) is 3.53. The lowest BCUT2D eigenvalue weighted by Gasteiger charge is -2.02. The molecule has 0 fully saturated rings. The predicted molar refractivity (Wildman–Crippen MR) is 86.1 cm³/mol.